The highest BCUT2D eigenvalue weighted by Crippen LogP contribution is 2.22. The molecular weight excluding hydrogens is 295 g/mol. The van der Waals surface area contributed by atoms with Gasteiger partial charge in [-0.1, -0.05) is 6.07 Å². The maximum absolute atomic E-state index is 13.1. The molecule has 0 aliphatic carbocycles. The highest BCUT2D eigenvalue weighted by molar-refractivity contribution is 5.94. The van der Waals surface area contributed by atoms with Gasteiger partial charge in [0, 0.05) is 24.7 Å². The summed E-state index contributed by atoms with van der Waals surface area (Å²) in [6, 6.07) is 14.3. The third kappa shape index (κ3) is 4.30. The number of carbonyl (C=O) groups excluding carboxylic acids is 1. The maximum atomic E-state index is 13.1. The van der Waals surface area contributed by atoms with Crippen LogP contribution in [-0.2, 0) is 0 Å². The third-order valence-electron chi connectivity index (χ3n) is 3.50. The zero-order chi connectivity index (χ0) is 16.8. The number of benzene rings is 2. The van der Waals surface area contributed by atoms with Gasteiger partial charge in [0.25, 0.3) is 5.91 Å². The van der Waals surface area contributed by atoms with E-state index in [9.17, 15) is 9.18 Å². The van der Waals surface area contributed by atoms with Crippen molar-refractivity contribution in [1.82, 2.24) is 4.90 Å². The van der Waals surface area contributed by atoms with Crippen LogP contribution >= 0.6 is 0 Å². The van der Waals surface area contributed by atoms with Crippen LogP contribution in [0.2, 0.25) is 0 Å². The van der Waals surface area contributed by atoms with E-state index < -0.39 is 0 Å². The molecule has 0 radical (unpaired) electrons. The van der Waals surface area contributed by atoms with Gasteiger partial charge in [-0.25, -0.2) is 4.39 Å². The molecule has 0 fully saturated rings. The number of hydrogen-bond donors (Lipinski definition) is 0. The molecule has 0 aliphatic rings. The number of nitrogens with zero attached hydrogens (tertiary/aromatic N) is 2. The van der Waals surface area contributed by atoms with Crippen LogP contribution in [0.4, 0.5) is 4.39 Å². The van der Waals surface area contributed by atoms with Gasteiger partial charge in [-0.2, -0.15) is 5.26 Å². The average molecular weight is 312 g/mol. The molecule has 118 valence electrons. The Morgan fingerprint density at radius 2 is 1.96 bits per heavy atom. The summed E-state index contributed by atoms with van der Waals surface area (Å²) < 4.78 is 18.6. The molecule has 5 heteroatoms. The van der Waals surface area contributed by atoms with E-state index in [0.29, 0.717) is 17.1 Å². The van der Waals surface area contributed by atoms with Gasteiger partial charge in [0.1, 0.15) is 17.3 Å². The van der Waals surface area contributed by atoms with E-state index in [0.717, 1.165) is 0 Å². The summed E-state index contributed by atoms with van der Waals surface area (Å²) in [5.74, 6) is 0.371. The van der Waals surface area contributed by atoms with Crippen molar-refractivity contribution in [3.05, 3.63) is 59.9 Å². The van der Waals surface area contributed by atoms with Crippen molar-refractivity contribution in [2.45, 2.75) is 19.4 Å². The lowest BCUT2D eigenvalue weighted by atomic mass is 10.1. The normalized spacial score (nSPS) is 11.4. The Morgan fingerprint density at radius 3 is 2.57 bits per heavy atom. The largest absolute Gasteiger partial charge is 0.457 e. The van der Waals surface area contributed by atoms with Crippen molar-refractivity contribution in [2.75, 3.05) is 7.05 Å². The van der Waals surface area contributed by atoms with Crippen molar-refractivity contribution >= 4 is 5.91 Å². The lowest BCUT2D eigenvalue weighted by molar-refractivity contribution is 0.0746. The second kappa shape index (κ2) is 7.41. The van der Waals surface area contributed by atoms with Crippen LogP contribution in [0.3, 0.4) is 0 Å². The van der Waals surface area contributed by atoms with Crippen molar-refractivity contribution in [1.29, 1.82) is 5.26 Å². The molecule has 1 unspecified atom stereocenters. The molecule has 0 spiro atoms. The Labute approximate surface area is 134 Å². The molecule has 4 nitrogen and oxygen atoms in total. The summed E-state index contributed by atoms with van der Waals surface area (Å²) in [4.78, 5) is 13.8. The summed E-state index contributed by atoms with van der Waals surface area (Å²) >= 11 is 0. The van der Waals surface area contributed by atoms with Crippen molar-refractivity contribution < 1.29 is 13.9 Å². The molecule has 23 heavy (non-hydrogen) atoms. The minimum absolute atomic E-state index is 0.157. The van der Waals surface area contributed by atoms with Crippen LogP contribution in [0.25, 0.3) is 0 Å². The fourth-order valence-corrected chi connectivity index (χ4v) is 2.00. The SMILES string of the molecule is CC(CC#N)N(C)C(=O)c1ccc(Oc2cccc(F)c2)cc1. The first-order chi connectivity index (χ1) is 11.0. The quantitative estimate of drug-likeness (QED) is 0.838. The predicted octanol–water partition coefficient (Wildman–Crippen LogP) is 3.99. The van der Waals surface area contributed by atoms with Crippen molar-refractivity contribution in [3.8, 4) is 17.6 Å². The van der Waals surface area contributed by atoms with Gasteiger partial charge in [-0.05, 0) is 43.3 Å². The molecule has 0 saturated carbocycles. The maximum Gasteiger partial charge on any atom is 0.253 e. The molecule has 0 aromatic heterocycles. The van der Waals surface area contributed by atoms with E-state index in [-0.39, 0.29) is 24.2 Å². The molecule has 2 aromatic carbocycles. The van der Waals surface area contributed by atoms with E-state index in [1.807, 2.05) is 6.92 Å². The lowest BCUT2D eigenvalue weighted by Gasteiger charge is -2.23. The number of amides is 1. The van der Waals surface area contributed by atoms with Gasteiger partial charge >= 0.3 is 0 Å². The first kappa shape index (κ1) is 16.5. The van der Waals surface area contributed by atoms with Gasteiger partial charge in [-0.15, -0.1) is 0 Å². The molecule has 1 atom stereocenters. The molecule has 0 bridgehead atoms. The highest BCUT2D eigenvalue weighted by atomic mass is 19.1. The monoisotopic (exact) mass is 312 g/mol. The van der Waals surface area contributed by atoms with E-state index >= 15 is 0 Å². The molecule has 2 aromatic rings. The molecule has 1 amide bonds. The summed E-state index contributed by atoms with van der Waals surface area (Å²) in [5, 5.41) is 8.70. The van der Waals surface area contributed by atoms with Gasteiger partial charge in [-0.3, -0.25) is 4.79 Å². The average Bonchev–Trinajstić information content (AvgIpc) is 2.54. The molecule has 0 aliphatic heterocycles. The number of nitriles is 1. The summed E-state index contributed by atoms with van der Waals surface area (Å²) in [5.41, 5.74) is 0.504. The lowest BCUT2D eigenvalue weighted by Crippen LogP contribution is -2.34. The first-order valence-electron chi connectivity index (χ1n) is 7.19. The van der Waals surface area contributed by atoms with Crippen LogP contribution in [0.1, 0.15) is 23.7 Å². The second-order valence-electron chi connectivity index (χ2n) is 5.21. The third-order valence-corrected chi connectivity index (χ3v) is 3.50. The smallest absolute Gasteiger partial charge is 0.253 e. The number of carbonyl (C=O) groups is 1. The minimum atomic E-state index is -0.373. The summed E-state index contributed by atoms with van der Waals surface area (Å²) in [6.07, 6.45) is 0.281. The number of hydrogen-bond acceptors (Lipinski definition) is 3. The highest BCUT2D eigenvalue weighted by Gasteiger charge is 2.17. The van der Waals surface area contributed by atoms with Crippen LogP contribution in [-0.4, -0.2) is 23.9 Å². The van der Waals surface area contributed by atoms with E-state index in [1.165, 1.54) is 17.0 Å². The number of ether oxygens (including phenoxy) is 1. The van der Waals surface area contributed by atoms with Gasteiger partial charge in [0.2, 0.25) is 0 Å². The fourth-order valence-electron chi connectivity index (χ4n) is 2.00. The zero-order valence-electron chi connectivity index (χ0n) is 13.0. The Morgan fingerprint density at radius 1 is 1.26 bits per heavy atom. The Balaban J connectivity index is 2.07. The Kier molecular flexibility index (Phi) is 5.32. The zero-order valence-corrected chi connectivity index (χ0v) is 13.0. The number of rotatable bonds is 5. The van der Waals surface area contributed by atoms with Gasteiger partial charge in [0.05, 0.1) is 12.5 Å². The summed E-state index contributed by atoms with van der Waals surface area (Å²) in [7, 11) is 1.67. The van der Waals surface area contributed by atoms with Crippen LogP contribution < -0.4 is 4.74 Å². The minimum Gasteiger partial charge on any atom is -0.457 e. The first-order valence-corrected chi connectivity index (χ1v) is 7.19. The standard InChI is InChI=1S/C18H17FN2O2/c1-13(10-11-20)21(2)18(22)14-6-8-16(9-7-14)23-17-5-3-4-15(19)12-17/h3-9,12-13H,10H2,1-2H3. The van der Waals surface area contributed by atoms with E-state index in [2.05, 4.69) is 6.07 Å². The van der Waals surface area contributed by atoms with Gasteiger partial charge in [0.15, 0.2) is 0 Å². The molecular formula is C18H17FN2O2. The van der Waals surface area contributed by atoms with Crippen LogP contribution in [0.5, 0.6) is 11.5 Å². The number of halogens is 1. The van der Waals surface area contributed by atoms with Crippen LogP contribution in [0.15, 0.2) is 48.5 Å². The Bertz CT molecular complexity index is 723. The molecule has 2 rings (SSSR count). The fraction of sp³-hybridized carbons (Fsp3) is 0.222. The molecule has 0 N–H and O–H groups in total. The van der Waals surface area contributed by atoms with Gasteiger partial charge < -0.3 is 9.64 Å². The second-order valence-corrected chi connectivity index (χ2v) is 5.21. The molecule has 0 heterocycles. The molecule has 0 saturated heterocycles. The van der Waals surface area contributed by atoms with Crippen molar-refractivity contribution in [2.24, 2.45) is 0 Å². The predicted molar refractivity (Wildman–Crippen MR) is 84.7 cm³/mol. The van der Waals surface area contributed by atoms with E-state index in [4.69, 9.17) is 10.00 Å². The van der Waals surface area contributed by atoms with Crippen molar-refractivity contribution in [3.63, 3.8) is 0 Å². The topological polar surface area (TPSA) is 53.3 Å². The van der Waals surface area contributed by atoms with Crippen LogP contribution in [0, 0.1) is 17.1 Å². The Hall–Kier alpha value is -2.87. The summed E-state index contributed by atoms with van der Waals surface area (Å²) in [6.45, 7) is 1.82. The van der Waals surface area contributed by atoms with E-state index in [1.54, 1.807) is 43.4 Å².